The van der Waals surface area contributed by atoms with Crippen molar-refractivity contribution in [1.29, 1.82) is 0 Å². The van der Waals surface area contributed by atoms with E-state index >= 15 is 0 Å². The Balaban J connectivity index is 4.98. The Kier molecular flexibility index (Phi) is 10.9. The van der Waals surface area contributed by atoms with Gasteiger partial charge in [-0.1, -0.05) is 0 Å². The average Bonchev–Trinajstić information content (AvgIpc) is 2.37. The van der Waals surface area contributed by atoms with Crippen molar-refractivity contribution in [3.63, 3.8) is 0 Å². The molecule has 0 spiro atoms. The zero-order chi connectivity index (χ0) is 19.0. The largest absolute Gasteiger partial charge is 0.469 e. The van der Waals surface area contributed by atoms with Gasteiger partial charge in [-0.3, -0.25) is 9.09 Å². The van der Waals surface area contributed by atoms with Crippen molar-refractivity contribution < 1.29 is 57.8 Å². The number of phosphoric ester groups is 1. The Hall–Kier alpha value is 0.0200. The Labute approximate surface area is 137 Å². The standard InChI is InChI=1S/C9H23NO12P2/c1-6(22-24(16,17)18)7(2-5-23(13,14)15)21-9(8(11)12)19-3-4-20-10/h6-9,11-12H,2-5,10H2,1H3,(H2,13,14,15)(H2,16,17,18)/t6-,7?,9?/m0/s1. The van der Waals surface area contributed by atoms with Crippen LogP contribution >= 0.6 is 15.4 Å². The first-order chi connectivity index (χ1) is 10.9. The van der Waals surface area contributed by atoms with Gasteiger partial charge in [-0.25, -0.2) is 10.5 Å². The summed E-state index contributed by atoms with van der Waals surface area (Å²) in [5, 5.41) is 18.4. The van der Waals surface area contributed by atoms with Crippen LogP contribution in [0.2, 0.25) is 0 Å². The fraction of sp³-hybridized carbons (Fsp3) is 1.00. The van der Waals surface area contributed by atoms with Gasteiger partial charge in [0.2, 0.25) is 12.6 Å². The molecule has 146 valence electrons. The highest BCUT2D eigenvalue weighted by Gasteiger charge is 2.32. The van der Waals surface area contributed by atoms with Crippen LogP contribution in [0.15, 0.2) is 0 Å². The highest BCUT2D eigenvalue weighted by Crippen LogP contribution is 2.40. The van der Waals surface area contributed by atoms with Crippen molar-refractivity contribution in [2.24, 2.45) is 5.90 Å². The van der Waals surface area contributed by atoms with Gasteiger partial charge in [0, 0.05) is 0 Å². The quantitative estimate of drug-likeness (QED) is 0.0770. The number of phosphoric acid groups is 1. The number of aliphatic hydroxyl groups is 2. The third-order valence-corrected chi connectivity index (χ3v) is 4.02. The van der Waals surface area contributed by atoms with E-state index in [-0.39, 0.29) is 13.2 Å². The molecule has 0 aliphatic heterocycles. The maximum Gasteiger partial charge on any atom is 0.469 e. The molecule has 0 aromatic carbocycles. The van der Waals surface area contributed by atoms with Gasteiger partial charge in [-0.05, 0) is 13.3 Å². The molecule has 0 aromatic rings. The predicted molar refractivity (Wildman–Crippen MR) is 77.1 cm³/mol. The fourth-order valence-corrected chi connectivity index (χ4v) is 2.73. The van der Waals surface area contributed by atoms with Gasteiger partial charge < -0.3 is 44.1 Å². The van der Waals surface area contributed by atoms with Gasteiger partial charge in [0.1, 0.15) is 0 Å². The van der Waals surface area contributed by atoms with E-state index in [9.17, 15) is 19.3 Å². The molecule has 0 aliphatic carbocycles. The SMILES string of the molecule is C[C@H](OP(=O)(O)O)C(CCP(=O)(O)O)OC(OCCON)C(O)O. The van der Waals surface area contributed by atoms with Crippen LogP contribution in [0.4, 0.5) is 0 Å². The van der Waals surface area contributed by atoms with Crippen molar-refractivity contribution in [3.8, 4) is 0 Å². The van der Waals surface area contributed by atoms with Gasteiger partial charge in [-0.15, -0.1) is 0 Å². The van der Waals surface area contributed by atoms with Crippen LogP contribution < -0.4 is 5.90 Å². The second kappa shape index (κ2) is 10.9. The second-order valence-electron chi connectivity index (χ2n) is 4.68. The summed E-state index contributed by atoms with van der Waals surface area (Å²) in [6, 6.07) is 0. The highest BCUT2D eigenvalue weighted by atomic mass is 31.2. The number of rotatable bonds is 13. The molecule has 2 unspecified atom stereocenters. The van der Waals surface area contributed by atoms with E-state index in [0.29, 0.717) is 0 Å². The van der Waals surface area contributed by atoms with Crippen molar-refractivity contribution in [2.75, 3.05) is 19.4 Å². The first-order valence-corrected chi connectivity index (χ1v) is 9.92. The molecule has 0 aliphatic rings. The van der Waals surface area contributed by atoms with Crippen LogP contribution in [0.5, 0.6) is 0 Å². The minimum absolute atomic E-state index is 0.117. The summed E-state index contributed by atoms with van der Waals surface area (Å²) in [5.41, 5.74) is 0. The average molecular weight is 399 g/mol. The zero-order valence-corrected chi connectivity index (χ0v) is 14.5. The van der Waals surface area contributed by atoms with E-state index in [2.05, 4.69) is 9.36 Å². The van der Waals surface area contributed by atoms with E-state index in [0.717, 1.165) is 0 Å². The highest BCUT2D eigenvalue weighted by molar-refractivity contribution is 7.51. The summed E-state index contributed by atoms with van der Waals surface area (Å²) < 4.78 is 36.3. The maximum absolute atomic E-state index is 11.0. The Morgan fingerprint density at radius 1 is 1.08 bits per heavy atom. The molecule has 0 fully saturated rings. The van der Waals surface area contributed by atoms with Crippen LogP contribution in [0.1, 0.15) is 13.3 Å². The molecule has 0 saturated heterocycles. The lowest BCUT2D eigenvalue weighted by Crippen LogP contribution is -2.40. The summed E-state index contributed by atoms with van der Waals surface area (Å²) in [6.07, 6.45) is -7.59. The smallest absolute Gasteiger partial charge is 0.364 e. The van der Waals surface area contributed by atoms with Crippen molar-refractivity contribution in [1.82, 2.24) is 0 Å². The molecular weight excluding hydrogens is 376 g/mol. The molecule has 8 N–H and O–H groups in total. The van der Waals surface area contributed by atoms with Crippen LogP contribution in [0.3, 0.4) is 0 Å². The van der Waals surface area contributed by atoms with Gasteiger partial charge >= 0.3 is 15.4 Å². The number of hydrogen-bond acceptors (Lipinski definition) is 9. The molecule has 15 heteroatoms. The van der Waals surface area contributed by atoms with E-state index in [1.165, 1.54) is 6.92 Å². The lowest BCUT2D eigenvalue weighted by molar-refractivity contribution is -0.278. The first-order valence-electron chi connectivity index (χ1n) is 6.59. The fourth-order valence-electron chi connectivity index (χ4n) is 1.57. The van der Waals surface area contributed by atoms with E-state index < -0.39 is 52.8 Å². The Morgan fingerprint density at radius 3 is 2.08 bits per heavy atom. The van der Waals surface area contributed by atoms with Crippen molar-refractivity contribution in [3.05, 3.63) is 0 Å². The van der Waals surface area contributed by atoms with Gasteiger partial charge in [0.05, 0.1) is 31.6 Å². The topological polar surface area (TPSA) is 218 Å². The second-order valence-corrected chi connectivity index (χ2v) is 7.64. The summed E-state index contributed by atoms with van der Waals surface area (Å²) in [4.78, 5) is 39.6. The summed E-state index contributed by atoms with van der Waals surface area (Å²) in [7, 11) is -9.35. The van der Waals surface area contributed by atoms with E-state index in [1.807, 2.05) is 0 Å². The Morgan fingerprint density at radius 2 is 1.67 bits per heavy atom. The molecule has 24 heavy (non-hydrogen) atoms. The molecule has 0 radical (unpaired) electrons. The number of nitrogens with two attached hydrogens (primary N) is 1. The lowest BCUT2D eigenvalue weighted by Gasteiger charge is -2.29. The molecule has 13 nitrogen and oxygen atoms in total. The van der Waals surface area contributed by atoms with Crippen LogP contribution in [0, 0.1) is 0 Å². The van der Waals surface area contributed by atoms with Gasteiger partial charge in [0.15, 0.2) is 0 Å². The molecule has 0 amide bonds. The van der Waals surface area contributed by atoms with Gasteiger partial charge in [0.25, 0.3) is 0 Å². The molecule has 0 saturated carbocycles. The summed E-state index contributed by atoms with van der Waals surface area (Å²) in [6.45, 7) is 0.846. The minimum atomic E-state index is -4.91. The maximum atomic E-state index is 11.0. The number of aliphatic hydroxyl groups excluding tert-OH is 1. The summed E-state index contributed by atoms with van der Waals surface area (Å²) in [5.74, 6) is 4.77. The normalized spacial score (nSPS) is 17.0. The third-order valence-electron chi connectivity index (χ3n) is 2.57. The van der Waals surface area contributed by atoms with Crippen LogP contribution in [-0.4, -0.2) is 74.0 Å². The number of hydrogen-bond donors (Lipinski definition) is 7. The number of ether oxygens (including phenoxy) is 2. The summed E-state index contributed by atoms with van der Waals surface area (Å²) >= 11 is 0. The monoisotopic (exact) mass is 399 g/mol. The van der Waals surface area contributed by atoms with Gasteiger partial charge in [-0.2, -0.15) is 0 Å². The molecule has 0 rings (SSSR count). The van der Waals surface area contributed by atoms with Crippen molar-refractivity contribution in [2.45, 2.75) is 38.1 Å². The molecule has 3 atom stereocenters. The Bertz CT molecular complexity index is 436. The first kappa shape index (κ1) is 24.0. The van der Waals surface area contributed by atoms with Crippen LogP contribution in [0.25, 0.3) is 0 Å². The zero-order valence-electron chi connectivity index (χ0n) is 12.7. The third kappa shape index (κ3) is 12.4. The van der Waals surface area contributed by atoms with Crippen LogP contribution in [-0.2, 0) is 28.0 Å². The molecular formula is C9H23NO12P2. The van der Waals surface area contributed by atoms with E-state index in [1.54, 1.807) is 0 Å². The van der Waals surface area contributed by atoms with E-state index in [4.69, 9.17) is 34.9 Å². The van der Waals surface area contributed by atoms with Crippen molar-refractivity contribution >= 4 is 15.4 Å². The molecule has 0 bridgehead atoms. The predicted octanol–water partition coefficient (Wildman–Crippen LogP) is -2.02. The lowest BCUT2D eigenvalue weighted by atomic mass is 10.2. The molecule has 0 aromatic heterocycles. The minimum Gasteiger partial charge on any atom is -0.364 e. The molecule has 0 heterocycles.